The van der Waals surface area contributed by atoms with Gasteiger partial charge in [0.15, 0.2) is 0 Å². The van der Waals surface area contributed by atoms with Crippen molar-refractivity contribution in [3.8, 4) is 5.69 Å². The van der Waals surface area contributed by atoms with Gasteiger partial charge in [0.2, 0.25) is 8.41 Å². The van der Waals surface area contributed by atoms with Gasteiger partial charge in [-0.1, -0.05) is 42.5 Å². The summed E-state index contributed by atoms with van der Waals surface area (Å²) in [5.41, 5.74) is 2.38. The number of aliphatic hydroxyl groups excluding tert-OH is 1. The number of hydrogen-bond acceptors (Lipinski definition) is 6. The molecule has 4 atom stereocenters. The van der Waals surface area contributed by atoms with E-state index in [0.29, 0.717) is 24.8 Å². The summed E-state index contributed by atoms with van der Waals surface area (Å²) in [4.78, 5) is 12.9. The number of aryl methyl sites for hydroxylation is 2. The first-order valence-electron chi connectivity index (χ1n) is 13.6. The van der Waals surface area contributed by atoms with Crippen molar-refractivity contribution in [2.45, 2.75) is 70.0 Å². The lowest BCUT2D eigenvalue weighted by Gasteiger charge is -2.28. The third-order valence-electron chi connectivity index (χ3n) is 7.89. The fourth-order valence-corrected chi connectivity index (χ4v) is 8.57. The first-order valence-corrected chi connectivity index (χ1v) is 16.6. The Bertz CT molecular complexity index is 1470. The molecule has 1 N–H and O–H groups in total. The normalized spacial score (nSPS) is 21.6. The van der Waals surface area contributed by atoms with Crippen LogP contribution in [0.2, 0.25) is 18.6 Å². The van der Waals surface area contributed by atoms with Crippen LogP contribution in [0.5, 0.6) is 0 Å². The molecule has 206 valence electrons. The van der Waals surface area contributed by atoms with Crippen molar-refractivity contribution in [1.29, 1.82) is 0 Å². The number of aromatic nitrogens is 5. The first-order chi connectivity index (χ1) is 18.7. The molecule has 0 bridgehead atoms. The van der Waals surface area contributed by atoms with Gasteiger partial charge in [-0.2, -0.15) is 9.78 Å². The highest BCUT2D eigenvalue weighted by atomic mass is 28.4. The van der Waals surface area contributed by atoms with Crippen LogP contribution in [0.3, 0.4) is 0 Å². The van der Waals surface area contributed by atoms with E-state index >= 15 is 4.11 Å². The standard InChI is InChI=1S/C29H36FN5O3Si/c1-20-26(38-27(28(20)39(2,3)30)14-16-34-19-23(15-17-36)32-33-34)13-10-21-8-11-24(12-9-21)35-29(37)25-7-5-4-6-22(25)18-31-35/h4-9,11-12,18-20,26-28,36H,10,13-17H2,1-3H3/t20-,26+,27-,28+/m1/s1. The van der Waals surface area contributed by atoms with Crippen molar-refractivity contribution >= 4 is 19.2 Å². The lowest BCUT2D eigenvalue weighted by Crippen LogP contribution is -2.36. The molecule has 1 saturated heterocycles. The number of ether oxygens (including phenoxy) is 1. The number of nitrogens with zero attached hydrogens (tertiary/aromatic N) is 5. The summed E-state index contributed by atoms with van der Waals surface area (Å²) in [7, 11) is -2.96. The average Bonchev–Trinajstić information content (AvgIpc) is 3.50. The van der Waals surface area contributed by atoms with Gasteiger partial charge in [-0.25, -0.2) is 0 Å². The van der Waals surface area contributed by atoms with E-state index in [2.05, 4.69) is 22.3 Å². The topological polar surface area (TPSA) is 95.1 Å². The summed E-state index contributed by atoms with van der Waals surface area (Å²) in [6, 6.07) is 15.3. The Hall–Kier alpha value is -3.21. The van der Waals surface area contributed by atoms with Crippen LogP contribution in [0.1, 0.15) is 31.0 Å². The van der Waals surface area contributed by atoms with Crippen molar-refractivity contribution < 1.29 is 14.0 Å². The Labute approximate surface area is 228 Å². The Kier molecular flexibility index (Phi) is 8.06. The summed E-state index contributed by atoms with van der Waals surface area (Å²) in [5, 5.41) is 23.1. The molecular formula is C29H36FN5O3Si. The highest BCUT2D eigenvalue weighted by Crippen LogP contribution is 2.47. The van der Waals surface area contributed by atoms with Crippen LogP contribution in [0.15, 0.2) is 65.7 Å². The van der Waals surface area contributed by atoms with E-state index in [4.69, 9.17) is 9.84 Å². The lowest BCUT2D eigenvalue weighted by atomic mass is 9.95. The second-order valence-electron chi connectivity index (χ2n) is 11.1. The SMILES string of the molecule is C[C@H]1[C@H]([Si](C)(C)F)[C@@H](CCn2cc(CCO)nn2)O[C@H]1CCc1ccc(-n2ncc3ccccc3c2=O)cc1. The molecule has 3 heterocycles. The molecule has 39 heavy (non-hydrogen) atoms. The van der Waals surface area contributed by atoms with Crippen molar-refractivity contribution in [2.24, 2.45) is 5.92 Å². The predicted molar refractivity (Wildman–Crippen MR) is 151 cm³/mol. The summed E-state index contributed by atoms with van der Waals surface area (Å²) in [6.07, 6.45) is 6.13. The van der Waals surface area contributed by atoms with Gasteiger partial charge in [-0.15, -0.1) is 5.10 Å². The molecule has 2 aromatic heterocycles. The smallest absolute Gasteiger partial charge is 0.279 e. The summed E-state index contributed by atoms with van der Waals surface area (Å²) >= 11 is 0. The molecule has 1 fully saturated rings. The fraction of sp³-hybridized carbons (Fsp3) is 0.448. The van der Waals surface area contributed by atoms with Gasteiger partial charge in [-0.3, -0.25) is 9.48 Å². The van der Waals surface area contributed by atoms with Gasteiger partial charge in [0.25, 0.3) is 5.56 Å². The van der Waals surface area contributed by atoms with E-state index in [1.807, 2.05) is 54.7 Å². The van der Waals surface area contributed by atoms with Crippen LogP contribution in [0.25, 0.3) is 16.5 Å². The molecule has 8 nitrogen and oxygen atoms in total. The van der Waals surface area contributed by atoms with Crippen LogP contribution >= 0.6 is 0 Å². The second-order valence-corrected chi connectivity index (χ2v) is 14.8. The third-order valence-corrected chi connectivity index (χ3v) is 10.4. The van der Waals surface area contributed by atoms with E-state index in [1.165, 1.54) is 4.68 Å². The van der Waals surface area contributed by atoms with Crippen molar-refractivity contribution in [3.05, 3.63) is 82.5 Å². The molecular weight excluding hydrogens is 513 g/mol. The largest absolute Gasteiger partial charge is 0.396 e. The van der Waals surface area contributed by atoms with Crippen LogP contribution in [-0.4, -0.2) is 57.1 Å². The molecule has 5 rings (SSSR count). The summed E-state index contributed by atoms with van der Waals surface area (Å²) in [6.45, 7) is 6.33. The van der Waals surface area contributed by atoms with Crippen molar-refractivity contribution in [3.63, 3.8) is 0 Å². The van der Waals surface area contributed by atoms with Gasteiger partial charge in [0.05, 0.1) is 35.2 Å². The molecule has 0 radical (unpaired) electrons. The minimum Gasteiger partial charge on any atom is -0.396 e. The minimum atomic E-state index is -2.96. The number of hydrogen-bond donors (Lipinski definition) is 1. The van der Waals surface area contributed by atoms with Crippen molar-refractivity contribution in [1.82, 2.24) is 24.8 Å². The first kappa shape index (κ1) is 27.4. The monoisotopic (exact) mass is 549 g/mol. The Balaban J connectivity index is 1.23. The highest BCUT2D eigenvalue weighted by molar-refractivity contribution is 6.72. The molecule has 0 aliphatic carbocycles. The Morgan fingerprint density at radius 2 is 1.82 bits per heavy atom. The quantitative estimate of drug-likeness (QED) is 0.232. The molecule has 0 amide bonds. The zero-order chi connectivity index (χ0) is 27.6. The Morgan fingerprint density at radius 3 is 2.56 bits per heavy atom. The highest BCUT2D eigenvalue weighted by Gasteiger charge is 2.50. The third kappa shape index (κ3) is 6.02. The molecule has 0 unspecified atom stereocenters. The van der Waals surface area contributed by atoms with E-state index in [0.717, 1.165) is 35.2 Å². The summed E-state index contributed by atoms with van der Waals surface area (Å²) in [5.74, 6) is 0.127. The number of benzene rings is 2. The van der Waals surface area contributed by atoms with Gasteiger partial charge in [0, 0.05) is 36.7 Å². The number of rotatable bonds is 10. The fourth-order valence-electron chi connectivity index (χ4n) is 5.97. The molecule has 1 aliphatic heterocycles. The molecule has 1 aliphatic rings. The maximum Gasteiger partial charge on any atom is 0.279 e. The molecule has 0 spiro atoms. The molecule has 10 heteroatoms. The Morgan fingerprint density at radius 1 is 1.05 bits per heavy atom. The predicted octanol–water partition coefficient (Wildman–Crippen LogP) is 4.48. The second kappa shape index (κ2) is 11.5. The van der Waals surface area contributed by atoms with Crippen LogP contribution < -0.4 is 5.56 Å². The molecule has 0 saturated carbocycles. The zero-order valence-electron chi connectivity index (χ0n) is 22.7. The number of halogens is 1. The van der Waals surface area contributed by atoms with Crippen LogP contribution in [-0.2, 0) is 24.1 Å². The zero-order valence-corrected chi connectivity index (χ0v) is 23.7. The van der Waals surface area contributed by atoms with E-state index in [-0.39, 0.29) is 35.8 Å². The van der Waals surface area contributed by atoms with E-state index < -0.39 is 8.41 Å². The van der Waals surface area contributed by atoms with Crippen LogP contribution in [0.4, 0.5) is 4.11 Å². The van der Waals surface area contributed by atoms with E-state index in [1.54, 1.807) is 24.0 Å². The molecule has 4 aromatic rings. The summed E-state index contributed by atoms with van der Waals surface area (Å²) < 4.78 is 25.1. The van der Waals surface area contributed by atoms with Gasteiger partial charge in [-0.05, 0) is 62.0 Å². The average molecular weight is 550 g/mol. The maximum absolute atomic E-state index is 15.5. The lowest BCUT2D eigenvalue weighted by molar-refractivity contribution is 0.0247. The number of fused-ring (bicyclic) bond motifs is 1. The maximum atomic E-state index is 15.5. The molecule has 2 aromatic carbocycles. The van der Waals surface area contributed by atoms with Gasteiger partial charge in [0.1, 0.15) is 0 Å². The van der Waals surface area contributed by atoms with Gasteiger partial charge >= 0.3 is 0 Å². The van der Waals surface area contributed by atoms with E-state index in [9.17, 15) is 4.79 Å². The minimum absolute atomic E-state index is 0.0207. The van der Waals surface area contributed by atoms with Crippen LogP contribution in [0, 0.1) is 5.92 Å². The van der Waals surface area contributed by atoms with Crippen molar-refractivity contribution in [2.75, 3.05) is 6.61 Å². The number of aliphatic hydroxyl groups is 1. The van der Waals surface area contributed by atoms with Gasteiger partial charge < -0.3 is 14.0 Å².